The van der Waals surface area contributed by atoms with Crippen LogP contribution in [0.25, 0.3) is 0 Å². The molecule has 12 nitrogen and oxygen atoms in total. The first-order valence-corrected chi connectivity index (χ1v) is 20.8. The number of ether oxygens (including phenoxy) is 2. The highest BCUT2D eigenvalue weighted by Gasteiger charge is 2.43. The number of hydrogen-bond donors (Lipinski definition) is 2. The second-order valence-electron chi connectivity index (χ2n) is 16.1. The lowest BCUT2D eigenvalue weighted by Gasteiger charge is -2.41. The van der Waals surface area contributed by atoms with Crippen molar-refractivity contribution in [1.29, 1.82) is 0 Å². The molecular formula is C42H68N6O6S. The highest BCUT2D eigenvalue weighted by atomic mass is 32.1. The highest BCUT2D eigenvalue weighted by molar-refractivity contribution is 7.09. The van der Waals surface area contributed by atoms with Crippen molar-refractivity contribution in [3.05, 3.63) is 52.5 Å². The number of aromatic nitrogens is 1. The zero-order chi connectivity index (χ0) is 41.0. The summed E-state index contributed by atoms with van der Waals surface area (Å²) >= 11 is 1.51. The summed E-state index contributed by atoms with van der Waals surface area (Å²) in [5.74, 6) is -1.35. The lowest BCUT2D eigenvalue weighted by atomic mass is 9.89. The lowest BCUT2D eigenvalue weighted by molar-refractivity contribution is -0.148. The van der Waals surface area contributed by atoms with Crippen LogP contribution < -0.4 is 10.6 Å². The molecule has 0 radical (unpaired) electrons. The lowest BCUT2D eigenvalue weighted by Crippen LogP contribution is -2.59. The van der Waals surface area contributed by atoms with E-state index in [0.717, 1.165) is 23.4 Å². The van der Waals surface area contributed by atoms with Crippen LogP contribution in [-0.2, 0) is 35.1 Å². The number of benzene rings is 1. The minimum absolute atomic E-state index is 0.00751. The summed E-state index contributed by atoms with van der Waals surface area (Å²) in [5.41, 5.74) is 1.09. The molecule has 1 aliphatic rings. The fourth-order valence-corrected chi connectivity index (χ4v) is 8.86. The predicted octanol–water partition coefficient (Wildman–Crippen LogP) is 5.19. The molecule has 1 aliphatic heterocycles. The van der Waals surface area contributed by atoms with Gasteiger partial charge >= 0.3 is 0 Å². The van der Waals surface area contributed by atoms with Gasteiger partial charge < -0.3 is 29.9 Å². The molecule has 1 aromatic heterocycles. The number of methoxy groups -OCH3 is 2. The second-order valence-corrected chi connectivity index (χ2v) is 17.0. The molecule has 0 saturated carbocycles. The second kappa shape index (κ2) is 21.8. The number of hydrogen-bond acceptors (Lipinski definition) is 9. The van der Waals surface area contributed by atoms with Crippen molar-refractivity contribution in [1.82, 2.24) is 30.3 Å². The number of carbonyl (C=O) groups is 4. The smallest absolute Gasteiger partial charge is 0.245 e. The SMILES string of the molecule is CC[C@H](C)[C@@H]([C@@H](CC(=O)N1CCCC1[C@H](OC)[C@@H](C)C(=O)N[C@@H](Cc1ccccc1)c1nccs1)OC)N(C)C(=O)C(NC(=O)C(C(C)C)N(C)C)C(C)C. The molecular weight excluding hydrogens is 717 g/mol. The van der Waals surface area contributed by atoms with E-state index in [1.165, 1.54) is 11.3 Å². The molecule has 1 aromatic carbocycles. The van der Waals surface area contributed by atoms with Crippen molar-refractivity contribution < 1.29 is 28.7 Å². The minimum atomic E-state index is -0.751. The van der Waals surface area contributed by atoms with Crippen LogP contribution in [0.3, 0.4) is 0 Å². The van der Waals surface area contributed by atoms with Crippen LogP contribution in [0, 0.1) is 23.7 Å². The Kier molecular flexibility index (Phi) is 18.2. The summed E-state index contributed by atoms with van der Waals surface area (Å²) in [4.78, 5) is 65.8. The minimum Gasteiger partial charge on any atom is -0.379 e. The maximum atomic E-state index is 14.3. The van der Waals surface area contributed by atoms with Gasteiger partial charge in [-0.15, -0.1) is 11.3 Å². The molecule has 0 spiro atoms. The van der Waals surface area contributed by atoms with E-state index >= 15 is 0 Å². The monoisotopic (exact) mass is 784 g/mol. The normalized spacial score (nSPS) is 19.0. The quantitative estimate of drug-likeness (QED) is 0.177. The maximum Gasteiger partial charge on any atom is 0.245 e. The number of amides is 4. The van der Waals surface area contributed by atoms with Gasteiger partial charge in [-0.05, 0) is 56.7 Å². The molecule has 0 aliphatic carbocycles. The standard InChI is InChI=1S/C42H68N6O6S/c1-13-28(6)37(47(10)42(52)35(26(2)3)45-40(51)36(27(4)5)46(8)9)33(53-11)25-34(49)48-22-17-20-32(48)38(54-12)29(7)39(50)44-31(41-43-21-23-55-41)24-30-18-15-14-16-19-30/h14-16,18-19,21,23,26-29,31-33,35-38H,13,17,20,22,24-25H2,1-12H3,(H,44,50)(H,45,51)/t28-,29+,31-,32?,33+,35?,36?,37-,38+/m0/s1. The molecule has 9 atom stereocenters. The Bertz CT molecular complexity index is 1480. The molecule has 13 heteroatoms. The van der Waals surface area contributed by atoms with Crippen LogP contribution in [0.2, 0.25) is 0 Å². The molecule has 55 heavy (non-hydrogen) atoms. The summed E-state index contributed by atoms with van der Waals surface area (Å²) in [7, 11) is 8.66. The fraction of sp³-hybridized carbons (Fsp3) is 0.690. The number of thiazole rings is 1. The van der Waals surface area contributed by atoms with E-state index < -0.39 is 30.2 Å². The van der Waals surface area contributed by atoms with Crippen LogP contribution in [0.1, 0.15) is 90.8 Å². The maximum absolute atomic E-state index is 14.3. The summed E-state index contributed by atoms with van der Waals surface area (Å²) in [6.45, 7) is 14.3. The van der Waals surface area contributed by atoms with Crippen LogP contribution in [0.5, 0.6) is 0 Å². The third-order valence-corrected chi connectivity index (χ3v) is 12.2. The Hall–Kier alpha value is -3.39. The Balaban J connectivity index is 1.79. The summed E-state index contributed by atoms with van der Waals surface area (Å²) in [6.07, 6.45) is 3.49. The summed E-state index contributed by atoms with van der Waals surface area (Å²) in [6, 6.07) is 7.83. The van der Waals surface area contributed by atoms with E-state index in [1.807, 2.05) is 94.2 Å². The Morgan fingerprint density at radius 2 is 1.62 bits per heavy atom. The number of carbonyl (C=O) groups excluding carboxylic acids is 4. The van der Waals surface area contributed by atoms with Gasteiger partial charge in [-0.25, -0.2) is 4.98 Å². The van der Waals surface area contributed by atoms with Crippen molar-refractivity contribution in [2.45, 2.75) is 123 Å². The van der Waals surface area contributed by atoms with Crippen molar-refractivity contribution >= 4 is 35.0 Å². The van der Waals surface area contributed by atoms with Gasteiger partial charge in [0.15, 0.2) is 0 Å². The largest absolute Gasteiger partial charge is 0.379 e. The zero-order valence-corrected chi connectivity index (χ0v) is 36.1. The van der Waals surface area contributed by atoms with Crippen molar-refractivity contribution in [2.75, 3.05) is 41.9 Å². The molecule has 3 rings (SSSR count). The van der Waals surface area contributed by atoms with E-state index in [4.69, 9.17) is 9.47 Å². The van der Waals surface area contributed by atoms with Crippen LogP contribution >= 0.6 is 11.3 Å². The van der Waals surface area contributed by atoms with Gasteiger partial charge in [0, 0.05) is 39.4 Å². The number of rotatable bonds is 21. The van der Waals surface area contributed by atoms with E-state index in [0.29, 0.717) is 19.4 Å². The summed E-state index contributed by atoms with van der Waals surface area (Å²) in [5, 5.41) is 9.02. The van der Waals surface area contributed by atoms with Gasteiger partial charge in [0.1, 0.15) is 11.0 Å². The predicted molar refractivity (Wildman–Crippen MR) is 218 cm³/mol. The van der Waals surface area contributed by atoms with Gasteiger partial charge in [-0.1, -0.05) is 85.2 Å². The van der Waals surface area contributed by atoms with Crippen molar-refractivity contribution in [3.8, 4) is 0 Å². The molecule has 2 aromatic rings. The van der Waals surface area contributed by atoms with Crippen LogP contribution in [0.15, 0.2) is 41.9 Å². The Morgan fingerprint density at radius 3 is 2.15 bits per heavy atom. The molecule has 308 valence electrons. The first kappa shape index (κ1) is 46.0. The van der Waals surface area contributed by atoms with Gasteiger partial charge in [-0.3, -0.25) is 24.1 Å². The third-order valence-electron chi connectivity index (χ3n) is 11.3. The molecule has 1 saturated heterocycles. The molecule has 0 bridgehead atoms. The number of nitrogens with one attached hydrogen (secondary N) is 2. The number of likely N-dealkylation sites (tertiary alicyclic amines) is 1. The van der Waals surface area contributed by atoms with Gasteiger partial charge in [-0.2, -0.15) is 0 Å². The summed E-state index contributed by atoms with van der Waals surface area (Å²) < 4.78 is 12.1. The molecule has 3 unspecified atom stereocenters. The molecule has 2 N–H and O–H groups in total. The Labute approximate surface area is 334 Å². The van der Waals surface area contributed by atoms with Gasteiger partial charge in [0.05, 0.1) is 48.7 Å². The van der Waals surface area contributed by atoms with Crippen molar-refractivity contribution in [2.24, 2.45) is 23.7 Å². The number of nitrogens with zero attached hydrogens (tertiary/aromatic N) is 4. The Morgan fingerprint density at radius 1 is 0.945 bits per heavy atom. The fourth-order valence-electron chi connectivity index (χ4n) is 8.17. The zero-order valence-electron chi connectivity index (χ0n) is 35.3. The molecule has 1 fully saturated rings. The molecule has 2 heterocycles. The topological polar surface area (TPSA) is 133 Å². The number of likely N-dealkylation sites (N-methyl/N-ethyl adjacent to an activating group) is 2. The van der Waals surface area contributed by atoms with E-state index in [2.05, 4.69) is 29.5 Å². The van der Waals surface area contributed by atoms with E-state index in [1.54, 1.807) is 32.4 Å². The van der Waals surface area contributed by atoms with Crippen molar-refractivity contribution in [3.63, 3.8) is 0 Å². The van der Waals surface area contributed by atoms with Crippen LogP contribution in [-0.4, -0.2) is 122 Å². The highest BCUT2D eigenvalue weighted by Crippen LogP contribution is 2.30. The van der Waals surface area contributed by atoms with Gasteiger partial charge in [0.2, 0.25) is 23.6 Å². The van der Waals surface area contributed by atoms with E-state index in [9.17, 15) is 19.2 Å². The average Bonchev–Trinajstić information content (AvgIpc) is 3.87. The van der Waals surface area contributed by atoms with Gasteiger partial charge in [0.25, 0.3) is 0 Å². The van der Waals surface area contributed by atoms with Crippen LogP contribution in [0.4, 0.5) is 0 Å². The molecule has 4 amide bonds. The first-order valence-electron chi connectivity index (χ1n) is 19.9. The first-order chi connectivity index (χ1) is 26.1. The average molecular weight is 785 g/mol. The van der Waals surface area contributed by atoms with E-state index in [-0.39, 0.29) is 65.9 Å². The third kappa shape index (κ3) is 12.1.